The molecule has 1 amide bonds. The molecule has 1 N–H and O–H groups in total. The lowest BCUT2D eigenvalue weighted by molar-refractivity contribution is 0.0517. The van der Waals surface area contributed by atoms with Crippen LogP contribution in [0.25, 0.3) is 10.9 Å². The monoisotopic (exact) mass is 283 g/mol. The quantitative estimate of drug-likeness (QED) is 0.873. The average molecular weight is 283 g/mol. The Morgan fingerprint density at radius 1 is 1.14 bits per heavy atom. The van der Waals surface area contributed by atoms with E-state index < -0.39 is 0 Å². The van der Waals surface area contributed by atoms with Gasteiger partial charge in [0.05, 0.1) is 5.52 Å². The van der Waals surface area contributed by atoms with Gasteiger partial charge in [-0.2, -0.15) is 5.10 Å². The number of H-pyrrole nitrogens is 1. The number of carbonyl (C=O) groups is 1. The number of carbonyl (C=O) groups excluding carboxylic acids is 1. The zero-order chi connectivity index (χ0) is 14.2. The standard InChI is InChI=1S/C17H21N3O/c21-17(16-14-7-3-4-8-15(14)18-19-16)20-10-9-12-5-1-2-6-13(12)11-20/h3-4,7-8,12-13H,1-2,5-6,9-11H2,(H,18,19). The number of aromatic nitrogens is 2. The molecule has 2 fully saturated rings. The van der Waals surface area contributed by atoms with Gasteiger partial charge < -0.3 is 4.90 Å². The Balaban J connectivity index is 1.57. The molecule has 21 heavy (non-hydrogen) atoms. The highest BCUT2D eigenvalue weighted by Gasteiger charge is 2.34. The molecule has 1 aliphatic heterocycles. The fourth-order valence-electron chi connectivity index (χ4n) is 4.06. The molecule has 4 nitrogen and oxygen atoms in total. The van der Waals surface area contributed by atoms with Crippen molar-refractivity contribution in [3.63, 3.8) is 0 Å². The largest absolute Gasteiger partial charge is 0.337 e. The summed E-state index contributed by atoms with van der Waals surface area (Å²) in [6.07, 6.45) is 6.51. The number of aromatic amines is 1. The van der Waals surface area contributed by atoms with Crippen LogP contribution in [0.4, 0.5) is 0 Å². The topological polar surface area (TPSA) is 49.0 Å². The summed E-state index contributed by atoms with van der Waals surface area (Å²) in [5, 5.41) is 8.16. The molecule has 2 aromatic rings. The molecule has 1 saturated heterocycles. The highest BCUT2D eigenvalue weighted by atomic mass is 16.2. The van der Waals surface area contributed by atoms with Crippen molar-refractivity contribution in [2.45, 2.75) is 32.1 Å². The molecular weight excluding hydrogens is 262 g/mol. The molecule has 0 radical (unpaired) electrons. The Bertz CT molecular complexity index is 663. The molecule has 1 aromatic heterocycles. The van der Waals surface area contributed by atoms with E-state index in [4.69, 9.17) is 0 Å². The van der Waals surface area contributed by atoms with E-state index >= 15 is 0 Å². The molecule has 110 valence electrons. The van der Waals surface area contributed by atoms with Gasteiger partial charge in [-0.1, -0.05) is 37.5 Å². The van der Waals surface area contributed by atoms with E-state index in [0.29, 0.717) is 11.6 Å². The number of fused-ring (bicyclic) bond motifs is 2. The van der Waals surface area contributed by atoms with Crippen molar-refractivity contribution in [1.29, 1.82) is 0 Å². The van der Waals surface area contributed by atoms with Gasteiger partial charge in [-0.15, -0.1) is 0 Å². The summed E-state index contributed by atoms with van der Waals surface area (Å²) >= 11 is 0. The van der Waals surface area contributed by atoms with Crippen LogP contribution in [0.3, 0.4) is 0 Å². The molecule has 1 saturated carbocycles. The minimum Gasteiger partial charge on any atom is -0.337 e. The molecule has 4 heteroatoms. The second-order valence-corrected chi connectivity index (χ2v) is 6.46. The first-order chi connectivity index (χ1) is 10.3. The number of hydrogen-bond donors (Lipinski definition) is 1. The number of benzene rings is 1. The Kier molecular flexibility index (Phi) is 3.17. The molecule has 0 bridgehead atoms. The Morgan fingerprint density at radius 2 is 1.95 bits per heavy atom. The third-order valence-electron chi connectivity index (χ3n) is 5.25. The van der Waals surface area contributed by atoms with E-state index in [1.165, 1.54) is 32.1 Å². The molecule has 2 heterocycles. The summed E-state index contributed by atoms with van der Waals surface area (Å²) < 4.78 is 0. The molecule has 1 aromatic carbocycles. The summed E-state index contributed by atoms with van der Waals surface area (Å²) in [4.78, 5) is 14.8. The van der Waals surface area contributed by atoms with Gasteiger partial charge in [-0.3, -0.25) is 9.89 Å². The molecule has 2 unspecified atom stereocenters. The second-order valence-electron chi connectivity index (χ2n) is 6.46. The zero-order valence-electron chi connectivity index (χ0n) is 12.2. The highest BCUT2D eigenvalue weighted by Crippen LogP contribution is 2.36. The third kappa shape index (κ3) is 2.23. The van der Waals surface area contributed by atoms with Gasteiger partial charge in [0.15, 0.2) is 5.69 Å². The van der Waals surface area contributed by atoms with Crippen LogP contribution in [0.2, 0.25) is 0 Å². The van der Waals surface area contributed by atoms with Gasteiger partial charge in [0, 0.05) is 18.5 Å². The lowest BCUT2D eigenvalue weighted by Gasteiger charge is -2.41. The van der Waals surface area contributed by atoms with Gasteiger partial charge in [-0.25, -0.2) is 0 Å². The van der Waals surface area contributed by atoms with Gasteiger partial charge >= 0.3 is 0 Å². The van der Waals surface area contributed by atoms with E-state index in [1.807, 2.05) is 29.2 Å². The summed E-state index contributed by atoms with van der Waals surface area (Å²) in [5.41, 5.74) is 1.52. The van der Waals surface area contributed by atoms with Crippen LogP contribution < -0.4 is 0 Å². The van der Waals surface area contributed by atoms with Crippen LogP contribution in [-0.2, 0) is 0 Å². The number of rotatable bonds is 1. The van der Waals surface area contributed by atoms with Crippen LogP contribution in [0.15, 0.2) is 24.3 Å². The summed E-state index contributed by atoms with van der Waals surface area (Å²) in [6, 6.07) is 7.86. The summed E-state index contributed by atoms with van der Waals surface area (Å²) in [6.45, 7) is 1.81. The van der Waals surface area contributed by atoms with Crippen molar-refractivity contribution < 1.29 is 4.79 Å². The van der Waals surface area contributed by atoms with Gasteiger partial charge in [0.2, 0.25) is 0 Å². The first kappa shape index (κ1) is 12.9. The van der Waals surface area contributed by atoms with E-state index in [-0.39, 0.29) is 5.91 Å². The maximum atomic E-state index is 12.8. The van der Waals surface area contributed by atoms with Crippen molar-refractivity contribution in [2.24, 2.45) is 11.8 Å². The first-order valence-electron chi connectivity index (χ1n) is 8.05. The Morgan fingerprint density at radius 3 is 2.86 bits per heavy atom. The predicted octanol–water partition coefficient (Wildman–Crippen LogP) is 3.22. The Labute approximate surface area is 124 Å². The van der Waals surface area contributed by atoms with E-state index in [0.717, 1.165) is 29.9 Å². The fourth-order valence-corrected chi connectivity index (χ4v) is 4.06. The highest BCUT2D eigenvalue weighted by molar-refractivity contribution is 6.04. The van der Waals surface area contributed by atoms with Crippen molar-refractivity contribution in [3.05, 3.63) is 30.0 Å². The number of para-hydroxylation sites is 1. The van der Waals surface area contributed by atoms with Gasteiger partial charge in [-0.05, 0) is 30.7 Å². The molecule has 2 aliphatic rings. The number of hydrogen-bond acceptors (Lipinski definition) is 2. The molecule has 4 rings (SSSR count). The lowest BCUT2D eigenvalue weighted by atomic mass is 9.75. The zero-order valence-corrected chi connectivity index (χ0v) is 12.2. The van der Waals surface area contributed by atoms with E-state index in [9.17, 15) is 4.79 Å². The number of amides is 1. The van der Waals surface area contributed by atoms with Gasteiger partial charge in [0.25, 0.3) is 5.91 Å². The van der Waals surface area contributed by atoms with Crippen LogP contribution >= 0.6 is 0 Å². The minimum atomic E-state index is 0.0940. The van der Waals surface area contributed by atoms with Crippen molar-refractivity contribution >= 4 is 16.8 Å². The molecule has 2 atom stereocenters. The van der Waals surface area contributed by atoms with Crippen LogP contribution in [0.5, 0.6) is 0 Å². The first-order valence-corrected chi connectivity index (χ1v) is 8.05. The second kappa shape index (κ2) is 5.17. The van der Waals surface area contributed by atoms with E-state index in [1.54, 1.807) is 0 Å². The SMILES string of the molecule is O=C(c1n[nH]c2ccccc12)N1CCC2CCCCC2C1. The van der Waals surface area contributed by atoms with E-state index in [2.05, 4.69) is 10.2 Å². The smallest absolute Gasteiger partial charge is 0.275 e. The Hall–Kier alpha value is -1.84. The number of likely N-dealkylation sites (tertiary alicyclic amines) is 1. The maximum Gasteiger partial charge on any atom is 0.275 e. The third-order valence-corrected chi connectivity index (χ3v) is 5.25. The number of piperidine rings is 1. The molecular formula is C17H21N3O. The van der Waals surface area contributed by atoms with Crippen molar-refractivity contribution in [1.82, 2.24) is 15.1 Å². The minimum absolute atomic E-state index is 0.0940. The van der Waals surface area contributed by atoms with Crippen LogP contribution in [0.1, 0.15) is 42.6 Å². The molecule has 1 aliphatic carbocycles. The normalized spacial score (nSPS) is 25.8. The lowest BCUT2D eigenvalue weighted by Crippen LogP contribution is -2.44. The number of nitrogens with zero attached hydrogens (tertiary/aromatic N) is 2. The van der Waals surface area contributed by atoms with Gasteiger partial charge in [0.1, 0.15) is 0 Å². The van der Waals surface area contributed by atoms with Crippen molar-refractivity contribution in [2.75, 3.05) is 13.1 Å². The fraction of sp³-hybridized carbons (Fsp3) is 0.529. The maximum absolute atomic E-state index is 12.8. The predicted molar refractivity (Wildman–Crippen MR) is 82.1 cm³/mol. The molecule has 0 spiro atoms. The summed E-state index contributed by atoms with van der Waals surface area (Å²) in [5.74, 6) is 1.65. The summed E-state index contributed by atoms with van der Waals surface area (Å²) in [7, 11) is 0. The average Bonchev–Trinajstić information content (AvgIpc) is 2.98. The van der Waals surface area contributed by atoms with Crippen LogP contribution in [0, 0.1) is 11.8 Å². The number of nitrogens with one attached hydrogen (secondary N) is 1. The van der Waals surface area contributed by atoms with Crippen LogP contribution in [-0.4, -0.2) is 34.1 Å². The van der Waals surface area contributed by atoms with Crippen molar-refractivity contribution in [3.8, 4) is 0 Å².